The van der Waals surface area contributed by atoms with Gasteiger partial charge in [-0.2, -0.15) is 0 Å². The number of hydrogen-bond donors (Lipinski definition) is 1. The molecule has 174 valence electrons. The lowest BCUT2D eigenvalue weighted by Gasteiger charge is -2.19. The fraction of sp³-hybridized carbons (Fsp3) is 0.385. The molecule has 0 aliphatic carbocycles. The average molecular weight is 450 g/mol. The molecule has 4 rings (SSSR count). The molecule has 1 aliphatic rings. The highest BCUT2D eigenvalue weighted by atomic mass is 16.5. The van der Waals surface area contributed by atoms with E-state index in [-0.39, 0.29) is 17.4 Å². The summed E-state index contributed by atoms with van der Waals surface area (Å²) in [4.78, 5) is 22.0. The lowest BCUT2D eigenvalue weighted by Crippen LogP contribution is -2.21. The summed E-state index contributed by atoms with van der Waals surface area (Å²) in [7, 11) is 3.32. The third kappa shape index (κ3) is 5.20. The van der Waals surface area contributed by atoms with Crippen LogP contribution in [0.15, 0.2) is 53.3 Å². The van der Waals surface area contributed by atoms with E-state index in [1.165, 1.54) is 5.56 Å². The number of rotatable bonds is 8. The minimum absolute atomic E-state index is 0.110. The normalized spacial score (nSPS) is 18.3. The smallest absolute Gasteiger partial charge is 0.251 e. The van der Waals surface area contributed by atoms with Gasteiger partial charge in [0.25, 0.3) is 5.56 Å². The van der Waals surface area contributed by atoms with E-state index < -0.39 is 0 Å². The van der Waals surface area contributed by atoms with Gasteiger partial charge in [0, 0.05) is 37.5 Å². The summed E-state index contributed by atoms with van der Waals surface area (Å²) < 4.78 is 16.5. The number of nitrogens with zero attached hydrogens (tertiary/aromatic N) is 2. The molecule has 7 heteroatoms. The van der Waals surface area contributed by atoms with Crippen molar-refractivity contribution in [2.75, 3.05) is 33.9 Å². The van der Waals surface area contributed by atoms with Crippen LogP contribution in [0.5, 0.6) is 17.2 Å². The van der Waals surface area contributed by atoms with E-state index >= 15 is 0 Å². The van der Waals surface area contributed by atoms with Crippen molar-refractivity contribution in [3.8, 4) is 17.2 Å². The van der Waals surface area contributed by atoms with Crippen molar-refractivity contribution in [1.82, 2.24) is 14.9 Å². The van der Waals surface area contributed by atoms with Gasteiger partial charge in [0.1, 0.15) is 11.6 Å². The molecule has 0 radical (unpaired) electrons. The van der Waals surface area contributed by atoms with Crippen molar-refractivity contribution in [2.24, 2.45) is 0 Å². The van der Waals surface area contributed by atoms with E-state index in [4.69, 9.17) is 14.2 Å². The Hall–Kier alpha value is -3.32. The monoisotopic (exact) mass is 449 g/mol. The number of aromatic nitrogens is 2. The zero-order valence-electron chi connectivity index (χ0n) is 19.6. The molecule has 1 N–H and O–H groups in total. The molecule has 2 heterocycles. The minimum Gasteiger partial charge on any atom is -0.497 e. The van der Waals surface area contributed by atoms with Crippen LogP contribution in [-0.4, -0.2) is 48.8 Å². The molecule has 0 saturated carbocycles. The molecular weight excluding hydrogens is 418 g/mol. The summed E-state index contributed by atoms with van der Waals surface area (Å²) in [5.74, 6) is 3.29. The Morgan fingerprint density at radius 2 is 1.76 bits per heavy atom. The number of aromatic amines is 1. The first-order valence-electron chi connectivity index (χ1n) is 11.2. The van der Waals surface area contributed by atoms with E-state index in [9.17, 15) is 4.79 Å². The van der Waals surface area contributed by atoms with Crippen molar-refractivity contribution < 1.29 is 14.2 Å². The van der Waals surface area contributed by atoms with Crippen LogP contribution in [0, 0.1) is 6.92 Å². The third-order valence-electron chi connectivity index (χ3n) is 6.13. The number of methoxy groups -OCH3 is 2. The van der Waals surface area contributed by atoms with Crippen molar-refractivity contribution in [1.29, 1.82) is 0 Å². The van der Waals surface area contributed by atoms with Crippen molar-refractivity contribution in [2.45, 2.75) is 32.2 Å². The Balaban J connectivity index is 1.63. The molecule has 1 aliphatic heterocycles. The first-order chi connectivity index (χ1) is 16.0. The molecule has 0 unspecified atom stereocenters. The van der Waals surface area contributed by atoms with E-state index in [0.29, 0.717) is 12.4 Å². The molecule has 1 aromatic heterocycles. The lowest BCUT2D eigenvalue weighted by atomic mass is 9.86. The maximum atomic E-state index is 12.2. The molecule has 2 aromatic carbocycles. The zero-order chi connectivity index (χ0) is 23.4. The lowest BCUT2D eigenvalue weighted by molar-refractivity contribution is 0.305. The Morgan fingerprint density at radius 1 is 1.00 bits per heavy atom. The van der Waals surface area contributed by atoms with Gasteiger partial charge in [-0.15, -0.1) is 0 Å². The molecule has 0 spiro atoms. The summed E-state index contributed by atoms with van der Waals surface area (Å²) in [6.45, 7) is 6.82. The maximum Gasteiger partial charge on any atom is 0.251 e. The third-order valence-corrected chi connectivity index (χ3v) is 6.13. The number of ether oxygens (including phenoxy) is 3. The first kappa shape index (κ1) is 22.9. The van der Waals surface area contributed by atoms with Crippen molar-refractivity contribution in [3.63, 3.8) is 0 Å². The Labute approximate surface area is 194 Å². The summed E-state index contributed by atoms with van der Waals surface area (Å²) in [5.41, 5.74) is 3.10. The molecule has 1 fully saturated rings. The summed E-state index contributed by atoms with van der Waals surface area (Å²) in [6, 6.07) is 15.9. The summed E-state index contributed by atoms with van der Waals surface area (Å²) >= 11 is 0. The fourth-order valence-corrected chi connectivity index (χ4v) is 4.64. The maximum absolute atomic E-state index is 12.2. The second kappa shape index (κ2) is 10.1. The van der Waals surface area contributed by atoms with Gasteiger partial charge in [-0.05, 0) is 49.2 Å². The van der Waals surface area contributed by atoms with Crippen LogP contribution >= 0.6 is 0 Å². The van der Waals surface area contributed by atoms with Crippen LogP contribution in [0.1, 0.15) is 41.4 Å². The van der Waals surface area contributed by atoms with Gasteiger partial charge in [-0.1, -0.05) is 18.2 Å². The summed E-state index contributed by atoms with van der Waals surface area (Å²) in [6.07, 6.45) is 0. The van der Waals surface area contributed by atoms with E-state index in [1.807, 2.05) is 38.1 Å². The van der Waals surface area contributed by atoms with Crippen LogP contribution in [0.25, 0.3) is 0 Å². The summed E-state index contributed by atoms with van der Waals surface area (Å²) in [5, 5.41) is 0. The predicted octanol–water partition coefficient (Wildman–Crippen LogP) is 3.88. The predicted molar refractivity (Wildman–Crippen MR) is 128 cm³/mol. The van der Waals surface area contributed by atoms with Gasteiger partial charge in [-0.25, -0.2) is 4.98 Å². The van der Waals surface area contributed by atoms with E-state index in [2.05, 4.69) is 33.1 Å². The van der Waals surface area contributed by atoms with Crippen LogP contribution < -0.4 is 19.8 Å². The fourth-order valence-electron chi connectivity index (χ4n) is 4.64. The topological polar surface area (TPSA) is 76.7 Å². The number of hydrogen-bond acceptors (Lipinski definition) is 6. The molecule has 1 saturated heterocycles. The number of aryl methyl sites for hydroxylation is 1. The molecule has 0 amide bonds. The van der Waals surface area contributed by atoms with Crippen LogP contribution in [0.4, 0.5) is 0 Å². The van der Waals surface area contributed by atoms with Crippen LogP contribution in [-0.2, 0) is 6.54 Å². The van der Waals surface area contributed by atoms with E-state index in [0.717, 1.165) is 48.1 Å². The van der Waals surface area contributed by atoms with E-state index in [1.54, 1.807) is 20.3 Å². The highest BCUT2D eigenvalue weighted by molar-refractivity contribution is 5.43. The molecule has 7 nitrogen and oxygen atoms in total. The Kier molecular flexibility index (Phi) is 6.99. The quantitative estimate of drug-likeness (QED) is 0.563. The standard InChI is InChI=1S/C26H31N3O4/c1-5-33-25-12-18(6-11-24(25)32-4)14-29-15-21(19-7-9-20(31-3)10-8-19)22(16-29)23-13-26(30)28-17(2)27-23/h6-13,21-22H,5,14-16H2,1-4H3,(H,27,28,30)/t21-,22+/m0/s1. The minimum atomic E-state index is -0.110. The van der Waals surface area contributed by atoms with Gasteiger partial charge in [-0.3, -0.25) is 9.69 Å². The van der Waals surface area contributed by atoms with Crippen LogP contribution in [0.2, 0.25) is 0 Å². The highest BCUT2D eigenvalue weighted by Crippen LogP contribution is 2.40. The largest absolute Gasteiger partial charge is 0.497 e. The van der Waals surface area contributed by atoms with Gasteiger partial charge in [0.15, 0.2) is 11.5 Å². The number of H-pyrrole nitrogens is 1. The SMILES string of the molecule is CCOc1cc(CN2C[C@@H](c3ccc(OC)cc3)[C@H](c3cc(=O)[nH]c(C)n3)C2)ccc1OC. The molecule has 2 atom stereocenters. The zero-order valence-corrected chi connectivity index (χ0v) is 19.6. The van der Waals surface area contributed by atoms with Gasteiger partial charge in [0.05, 0.1) is 26.5 Å². The second-order valence-corrected chi connectivity index (χ2v) is 8.35. The van der Waals surface area contributed by atoms with Crippen molar-refractivity contribution in [3.05, 3.63) is 81.5 Å². The van der Waals surface area contributed by atoms with Crippen LogP contribution in [0.3, 0.4) is 0 Å². The molecule has 33 heavy (non-hydrogen) atoms. The van der Waals surface area contributed by atoms with Gasteiger partial charge < -0.3 is 19.2 Å². The number of likely N-dealkylation sites (tertiary alicyclic amines) is 1. The van der Waals surface area contributed by atoms with Gasteiger partial charge >= 0.3 is 0 Å². The Morgan fingerprint density at radius 3 is 2.42 bits per heavy atom. The number of nitrogens with one attached hydrogen (secondary N) is 1. The Bertz CT molecular complexity index is 1140. The van der Waals surface area contributed by atoms with Crippen molar-refractivity contribution >= 4 is 0 Å². The average Bonchev–Trinajstić information content (AvgIpc) is 3.23. The molecule has 0 bridgehead atoms. The number of benzene rings is 2. The van der Waals surface area contributed by atoms with Gasteiger partial charge in [0.2, 0.25) is 0 Å². The first-order valence-corrected chi connectivity index (χ1v) is 11.2. The molecular formula is C26H31N3O4. The second-order valence-electron chi connectivity index (χ2n) is 8.35. The molecule has 3 aromatic rings. The highest BCUT2D eigenvalue weighted by Gasteiger charge is 2.36.